The monoisotopic (exact) mass is 370 g/mol. The molecule has 0 radical (unpaired) electrons. The van der Waals surface area contributed by atoms with E-state index < -0.39 is 52.6 Å². The Kier molecular flexibility index (Phi) is 4.67. The van der Waals surface area contributed by atoms with Crippen molar-refractivity contribution in [1.29, 1.82) is 0 Å². The summed E-state index contributed by atoms with van der Waals surface area (Å²) >= 11 is 0. The van der Waals surface area contributed by atoms with E-state index >= 15 is 0 Å². The van der Waals surface area contributed by atoms with E-state index in [-0.39, 0.29) is 5.76 Å². The largest absolute Gasteiger partial charge is 0.477 e. The summed E-state index contributed by atoms with van der Waals surface area (Å²) in [5, 5.41) is 0. The van der Waals surface area contributed by atoms with Crippen LogP contribution in [0.2, 0.25) is 0 Å². The van der Waals surface area contributed by atoms with Gasteiger partial charge in [-0.2, -0.15) is 0 Å². The molecule has 0 N–H and O–H groups in total. The van der Waals surface area contributed by atoms with E-state index in [0.717, 1.165) is 7.11 Å². The Morgan fingerprint density at radius 3 is 2.00 bits per heavy atom. The van der Waals surface area contributed by atoms with Crippen molar-refractivity contribution in [1.82, 2.24) is 0 Å². The molecular weight excluding hydrogens is 359 g/mol. The van der Waals surface area contributed by atoms with Crippen molar-refractivity contribution >= 4 is 5.97 Å². The van der Waals surface area contributed by atoms with Crippen molar-refractivity contribution in [3.8, 4) is 0 Å². The predicted octanol–water partition coefficient (Wildman–Crippen LogP) is 4.29. The zero-order chi connectivity index (χ0) is 19.0. The minimum atomic E-state index is -2.26. The first kappa shape index (κ1) is 17.9. The van der Waals surface area contributed by atoms with Crippen molar-refractivity contribution in [2.24, 2.45) is 0 Å². The second-order valence-corrected chi connectivity index (χ2v) is 5.48. The van der Waals surface area contributed by atoms with Crippen molar-refractivity contribution in [2.75, 3.05) is 7.11 Å². The number of hydrogen-bond donors (Lipinski definition) is 0. The molecule has 0 fully saturated rings. The van der Waals surface area contributed by atoms with Crippen LogP contribution in [0.15, 0.2) is 42.2 Å². The topological polar surface area (TPSA) is 35.5 Å². The SMILES string of the molecule is COC(=O)C1=C[C@H](c2ccccc2)[C@H](c2c(F)c(F)c(F)c(F)c2F)O1. The minimum absolute atomic E-state index is 0.379. The van der Waals surface area contributed by atoms with Gasteiger partial charge in [-0.05, 0) is 11.6 Å². The molecule has 3 rings (SSSR count). The van der Waals surface area contributed by atoms with Crippen LogP contribution in [-0.4, -0.2) is 13.1 Å². The van der Waals surface area contributed by atoms with Crippen LogP contribution in [0.1, 0.15) is 23.1 Å². The summed E-state index contributed by atoms with van der Waals surface area (Å²) in [6.45, 7) is 0. The Labute approximate surface area is 144 Å². The number of carbonyl (C=O) groups is 1. The molecule has 1 heterocycles. The molecular formula is C18H11F5O3. The van der Waals surface area contributed by atoms with Gasteiger partial charge in [0.2, 0.25) is 11.6 Å². The first-order chi connectivity index (χ1) is 12.4. The van der Waals surface area contributed by atoms with Crippen molar-refractivity contribution in [3.63, 3.8) is 0 Å². The van der Waals surface area contributed by atoms with Gasteiger partial charge in [0.15, 0.2) is 23.3 Å². The summed E-state index contributed by atoms with van der Waals surface area (Å²) in [5.74, 6) is -12.7. The molecule has 0 spiro atoms. The lowest BCUT2D eigenvalue weighted by Gasteiger charge is -2.21. The molecule has 0 amide bonds. The second kappa shape index (κ2) is 6.78. The van der Waals surface area contributed by atoms with Gasteiger partial charge in [-0.25, -0.2) is 26.7 Å². The highest BCUT2D eigenvalue weighted by Gasteiger charge is 2.41. The lowest BCUT2D eigenvalue weighted by atomic mass is 9.89. The Bertz CT molecular complexity index is 866. The third kappa shape index (κ3) is 2.81. The lowest BCUT2D eigenvalue weighted by molar-refractivity contribution is -0.140. The van der Waals surface area contributed by atoms with Gasteiger partial charge in [0.05, 0.1) is 12.7 Å². The third-order valence-electron chi connectivity index (χ3n) is 4.01. The summed E-state index contributed by atoms with van der Waals surface area (Å²) in [4.78, 5) is 11.7. The van der Waals surface area contributed by atoms with Gasteiger partial charge in [-0.15, -0.1) is 0 Å². The highest BCUT2D eigenvalue weighted by Crippen LogP contribution is 2.45. The van der Waals surface area contributed by atoms with Crippen LogP contribution in [-0.2, 0) is 14.3 Å². The van der Waals surface area contributed by atoms with Crippen LogP contribution in [0.4, 0.5) is 22.0 Å². The fraction of sp³-hybridized carbons (Fsp3) is 0.167. The van der Waals surface area contributed by atoms with E-state index in [1.807, 2.05) is 0 Å². The Morgan fingerprint density at radius 2 is 1.46 bits per heavy atom. The number of methoxy groups -OCH3 is 1. The van der Waals surface area contributed by atoms with Gasteiger partial charge in [0.25, 0.3) is 0 Å². The summed E-state index contributed by atoms with van der Waals surface area (Å²) in [6.07, 6.45) is -0.403. The summed E-state index contributed by atoms with van der Waals surface area (Å²) in [6, 6.07) is 8.06. The molecule has 0 saturated heterocycles. The van der Waals surface area contributed by atoms with Crippen LogP contribution in [0.5, 0.6) is 0 Å². The number of hydrogen-bond acceptors (Lipinski definition) is 3. The molecule has 136 valence electrons. The average Bonchev–Trinajstić information content (AvgIpc) is 3.10. The second-order valence-electron chi connectivity index (χ2n) is 5.48. The quantitative estimate of drug-likeness (QED) is 0.350. The number of ether oxygens (including phenoxy) is 2. The Morgan fingerprint density at radius 1 is 0.923 bits per heavy atom. The normalized spacial score (nSPS) is 19.1. The maximum atomic E-state index is 14.2. The van der Waals surface area contributed by atoms with Gasteiger partial charge in [0, 0.05) is 5.92 Å². The van der Waals surface area contributed by atoms with Crippen LogP contribution >= 0.6 is 0 Å². The number of rotatable bonds is 3. The predicted molar refractivity (Wildman–Crippen MR) is 79.3 cm³/mol. The average molecular weight is 370 g/mol. The van der Waals surface area contributed by atoms with Crippen molar-refractivity contribution < 1.29 is 36.2 Å². The molecule has 0 bridgehead atoms. The van der Waals surface area contributed by atoms with Gasteiger partial charge >= 0.3 is 5.97 Å². The molecule has 3 nitrogen and oxygen atoms in total. The van der Waals surface area contributed by atoms with Gasteiger partial charge in [0.1, 0.15) is 6.10 Å². The Balaban J connectivity index is 2.17. The minimum Gasteiger partial charge on any atom is -0.477 e. The maximum absolute atomic E-state index is 14.2. The lowest BCUT2D eigenvalue weighted by Crippen LogP contribution is -2.16. The van der Waals surface area contributed by atoms with Crippen LogP contribution in [0.25, 0.3) is 0 Å². The molecule has 1 aliphatic rings. The molecule has 0 unspecified atom stereocenters. The van der Waals surface area contributed by atoms with E-state index in [0.29, 0.717) is 5.56 Å². The fourth-order valence-corrected chi connectivity index (χ4v) is 2.77. The molecule has 2 aromatic carbocycles. The first-order valence-electron chi connectivity index (χ1n) is 7.39. The van der Waals surface area contributed by atoms with E-state index in [4.69, 9.17) is 4.74 Å². The van der Waals surface area contributed by atoms with Gasteiger partial charge < -0.3 is 9.47 Å². The van der Waals surface area contributed by atoms with Crippen molar-refractivity contribution in [3.05, 3.63) is 82.4 Å². The highest BCUT2D eigenvalue weighted by atomic mass is 19.2. The highest BCUT2D eigenvalue weighted by molar-refractivity contribution is 5.87. The zero-order valence-electron chi connectivity index (χ0n) is 13.2. The van der Waals surface area contributed by atoms with Crippen LogP contribution in [0, 0.1) is 29.1 Å². The first-order valence-corrected chi connectivity index (χ1v) is 7.39. The van der Waals surface area contributed by atoms with E-state index in [1.165, 1.54) is 6.08 Å². The molecule has 0 saturated carbocycles. The standard InChI is InChI=1S/C18H11F5O3/c1-25-18(24)10-7-9(8-5-3-2-4-6-8)17(26-10)11-12(19)14(21)16(23)15(22)13(11)20/h2-7,9,17H,1H3/t9-,17-/m1/s1. The molecule has 0 aromatic heterocycles. The van der Waals surface area contributed by atoms with Gasteiger partial charge in [-0.3, -0.25) is 0 Å². The molecule has 2 aromatic rings. The number of esters is 1. The van der Waals surface area contributed by atoms with E-state index in [2.05, 4.69) is 4.74 Å². The number of carbonyl (C=O) groups excluding carboxylic acids is 1. The smallest absolute Gasteiger partial charge is 0.373 e. The fourth-order valence-electron chi connectivity index (χ4n) is 2.77. The van der Waals surface area contributed by atoms with Crippen LogP contribution in [0.3, 0.4) is 0 Å². The van der Waals surface area contributed by atoms with E-state index in [9.17, 15) is 26.7 Å². The summed E-state index contributed by atoms with van der Waals surface area (Å²) in [7, 11) is 1.07. The molecule has 26 heavy (non-hydrogen) atoms. The molecule has 0 aliphatic carbocycles. The van der Waals surface area contributed by atoms with E-state index in [1.54, 1.807) is 30.3 Å². The van der Waals surface area contributed by atoms with Gasteiger partial charge in [-0.1, -0.05) is 30.3 Å². The summed E-state index contributed by atoms with van der Waals surface area (Å²) in [5.41, 5.74) is -0.689. The van der Waals surface area contributed by atoms with Crippen molar-refractivity contribution in [2.45, 2.75) is 12.0 Å². The zero-order valence-corrected chi connectivity index (χ0v) is 13.2. The maximum Gasteiger partial charge on any atom is 0.373 e. The summed E-state index contributed by atoms with van der Waals surface area (Å²) < 4.78 is 78.6. The molecule has 8 heteroatoms. The third-order valence-corrected chi connectivity index (χ3v) is 4.01. The molecule has 2 atom stereocenters. The number of benzene rings is 2. The Hall–Kier alpha value is -2.90. The molecule has 1 aliphatic heterocycles. The number of halogens is 5. The van der Waals surface area contributed by atoms with Crippen LogP contribution < -0.4 is 0 Å².